The molecule has 5 heteroatoms. The highest BCUT2D eigenvalue weighted by Gasteiger charge is 2.27. The topological polar surface area (TPSA) is 72.0 Å². The molecule has 134 valence electrons. The van der Waals surface area contributed by atoms with Crippen LogP contribution >= 0.6 is 0 Å². The molecule has 0 atom stereocenters. The average molecular weight is 357 g/mol. The Morgan fingerprint density at radius 1 is 0.889 bits per heavy atom. The summed E-state index contributed by atoms with van der Waals surface area (Å²) in [5, 5.41) is 2.79. The summed E-state index contributed by atoms with van der Waals surface area (Å²) in [6.07, 6.45) is 3.19. The molecule has 0 radical (unpaired) electrons. The smallest absolute Gasteiger partial charge is 0.255 e. The first-order chi connectivity index (χ1) is 12.8. The van der Waals surface area contributed by atoms with Gasteiger partial charge >= 0.3 is 0 Å². The number of aromatic nitrogens is 2. The Balaban J connectivity index is 1.58. The molecular formula is C22H19N3O2. The van der Waals surface area contributed by atoms with Crippen molar-refractivity contribution in [1.29, 1.82) is 0 Å². The van der Waals surface area contributed by atoms with Gasteiger partial charge in [-0.25, -0.2) is 9.97 Å². The Morgan fingerprint density at radius 3 is 2.19 bits per heavy atom. The van der Waals surface area contributed by atoms with Crippen LogP contribution in [0.2, 0.25) is 0 Å². The molecule has 1 aliphatic carbocycles. The number of amides is 1. The van der Waals surface area contributed by atoms with E-state index in [1.807, 2.05) is 51.1 Å². The van der Waals surface area contributed by atoms with E-state index in [0.29, 0.717) is 28.2 Å². The van der Waals surface area contributed by atoms with Crippen LogP contribution in [0.25, 0.3) is 11.1 Å². The number of hydrogen-bond acceptors (Lipinski definition) is 4. The number of rotatable bonds is 2. The van der Waals surface area contributed by atoms with Gasteiger partial charge in [0.1, 0.15) is 5.82 Å². The lowest BCUT2D eigenvalue weighted by atomic mass is 9.96. The predicted octanol–water partition coefficient (Wildman–Crippen LogP) is 4.24. The molecule has 2 aromatic carbocycles. The minimum absolute atomic E-state index is 0.0480. The molecule has 1 aromatic heterocycles. The molecule has 0 saturated heterocycles. The standard InChI is InChI=1S/C22H19N3O2/c1-22(2,3)21-23-11-14(12-24-21)25-20(27)13-8-9-16-15-6-4-5-7-17(15)19(26)18(16)10-13/h4-12H,1-3H3,(H,25,27). The molecule has 1 amide bonds. The quantitative estimate of drug-likeness (QED) is 0.582. The highest BCUT2D eigenvalue weighted by molar-refractivity contribution is 6.22. The maximum Gasteiger partial charge on any atom is 0.255 e. The second-order valence-corrected chi connectivity index (χ2v) is 7.63. The number of nitrogens with zero attached hydrogens (tertiary/aromatic N) is 2. The zero-order chi connectivity index (χ0) is 19.2. The largest absolute Gasteiger partial charge is 0.319 e. The van der Waals surface area contributed by atoms with E-state index in [9.17, 15) is 9.59 Å². The zero-order valence-electron chi connectivity index (χ0n) is 15.4. The third-order valence-electron chi connectivity index (χ3n) is 4.57. The lowest BCUT2D eigenvalue weighted by Crippen LogP contribution is -2.17. The van der Waals surface area contributed by atoms with Gasteiger partial charge in [-0.1, -0.05) is 51.1 Å². The molecule has 0 saturated carbocycles. The molecule has 0 aliphatic heterocycles. The molecule has 0 fully saturated rings. The number of nitrogens with one attached hydrogen (secondary N) is 1. The number of benzene rings is 2. The minimum atomic E-state index is -0.298. The maximum atomic E-state index is 12.6. The fraction of sp³-hybridized carbons (Fsp3) is 0.182. The van der Waals surface area contributed by atoms with Crippen LogP contribution in [0.15, 0.2) is 54.9 Å². The van der Waals surface area contributed by atoms with Crippen molar-refractivity contribution in [3.63, 3.8) is 0 Å². The molecule has 1 aliphatic rings. The van der Waals surface area contributed by atoms with Gasteiger partial charge in [0.05, 0.1) is 18.1 Å². The summed E-state index contributed by atoms with van der Waals surface area (Å²) in [6, 6.07) is 12.7. The molecule has 1 N–H and O–H groups in total. The third kappa shape index (κ3) is 3.01. The van der Waals surface area contributed by atoms with Gasteiger partial charge in [0, 0.05) is 22.1 Å². The van der Waals surface area contributed by atoms with E-state index in [-0.39, 0.29) is 17.1 Å². The average Bonchev–Trinajstić information content (AvgIpc) is 2.94. The van der Waals surface area contributed by atoms with E-state index in [1.54, 1.807) is 24.5 Å². The molecule has 27 heavy (non-hydrogen) atoms. The van der Waals surface area contributed by atoms with Gasteiger partial charge in [-0.15, -0.1) is 0 Å². The van der Waals surface area contributed by atoms with Gasteiger partial charge in [-0.2, -0.15) is 0 Å². The summed E-state index contributed by atoms with van der Waals surface area (Å²) in [5.74, 6) is 0.364. The van der Waals surface area contributed by atoms with Crippen LogP contribution in [-0.4, -0.2) is 21.7 Å². The lowest BCUT2D eigenvalue weighted by Gasteiger charge is -2.16. The van der Waals surface area contributed by atoms with Gasteiger partial charge in [0.25, 0.3) is 5.91 Å². The van der Waals surface area contributed by atoms with Crippen molar-refractivity contribution < 1.29 is 9.59 Å². The van der Waals surface area contributed by atoms with E-state index < -0.39 is 0 Å². The number of hydrogen-bond donors (Lipinski definition) is 1. The van der Waals surface area contributed by atoms with Crippen molar-refractivity contribution in [3.8, 4) is 11.1 Å². The fourth-order valence-electron chi connectivity index (χ4n) is 3.15. The van der Waals surface area contributed by atoms with E-state index in [1.165, 1.54) is 0 Å². The van der Waals surface area contributed by atoms with Crippen LogP contribution in [-0.2, 0) is 5.41 Å². The number of ketones is 1. The summed E-state index contributed by atoms with van der Waals surface area (Å²) in [4.78, 5) is 33.8. The Hall–Kier alpha value is -3.34. The van der Waals surface area contributed by atoms with Crippen molar-refractivity contribution in [2.75, 3.05) is 5.32 Å². The summed E-state index contributed by atoms with van der Waals surface area (Å²) in [7, 11) is 0. The van der Waals surface area contributed by atoms with Crippen LogP contribution in [0.5, 0.6) is 0 Å². The second-order valence-electron chi connectivity index (χ2n) is 7.63. The Morgan fingerprint density at radius 2 is 1.52 bits per heavy atom. The summed E-state index contributed by atoms with van der Waals surface area (Å²) < 4.78 is 0. The van der Waals surface area contributed by atoms with Crippen LogP contribution in [0.1, 0.15) is 52.9 Å². The number of anilines is 1. The summed E-state index contributed by atoms with van der Waals surface area (Å²) in [6.45, 7) is 6.08. The normalized spacial score (nSPS) is 12.5. The summed E-state index contributed by atoms with van der Waals surface area (Å²) in [5.41, 5.74) is 3.80. The van der Waals surface area contributed by atoms with Crippen LogP contribution < -0.4 is 5.32 Å². The van der Waals surface area contributed by atoms with Crippen LogP contribution in [0.3, 0.4) is 0 Å². The lowest BCUT2D eigenvalue weighted by molar-refractivity contribution is 0.102. The highest BCUT2D eigenvalue weighted by atomic mass is 16.1. The van der Waals surface area contributed by atoms with Gasteiger partial charge in [0.2, 0.25) is 0 Å². The molecule has 4 rings (SSSR count). The Bertz CT molecular complexity index is 1060. The Labute approximate surface area is 157 Å². The minimum Gasteiger partial charge on any atom is -0.319 e. The van der Waals surface area contributed by atoms with Crippen molar-refractivity contribution in [2.24, 2.45) is 0 Å². The van der Waals surface area contributed by atoms with Crippen molar-refractivity contribution in [3.05, 3.63) is 77.4 Å². The van der Waals surface area contributed by atoms with E-state index >= 15 is 0 Å². The third-order valence-corrected chi connectivity index (χ3v) is 4.57. The highest BCUT2D eigenvalue weighted by Crippen LogP contribution is 2.36. The number of fused-ring (bicyclic) bond motifs is 3. The molecule has 5 nitrogen and oxygen atoms in total. The van der Waals surface area contributed by atoms with E-state index in [4.69, 9.17) is 0 Å². The number of carbonyl (C=O) groups excluding carboxylic acids is 2. The van der Waals surface area contributed by atoms with Gasteiger partial charge in [-0.3, -0.25) is 9.59 Å². The zero-order valence-corrected chi connectivity index (χ0v) is 15.4. The molecule has 1 heterocycles. The van der Waals surface area contributed by atoms with Gasteiger partial charge in [0.15, 0.2) is 5.78 Å². The van der Waals surface area contributed by atoms with Gasteiger partial charge in [-0.05, 0) is 23.3 Å². The predicted molar refractivity (Wildman–Crippen MR) is 104 cm³/mol. The summed E-state index contributed by atoms with van der Waals surface area (Å²) >= 11 is 0. The second kappa shape index (κ2) is 6.13. The number of carbonyl (C=O) groups is 2. The molecule has 0 unspecified atom stereocenters. The Kier molecular flexibility index (Phi) is 3.88. The monoisotopic (exact) mass is 357 g/mol. The SMILES string of the molecule is CC(C)(C)c1ncc(NC(=O)c2ccc3c(c2)C(=O)c2ccccc2-3)cn1. The molecule has 0 spiro atoms. The van der Waals surface area contributed by atoms with Crippen LogP contribution in [0, 0.1) is 0 Å². The molecule has 0 bridgehead atoms. The first kappa shape index (κ1) is 17.1. The van der Waals surface area contributed by atoms with E-state index in [0.717, 1.165) is 11.1 Å². The first-order valence-electron chi connectivity index (χ1n) is 8.76. The van der Waals surface area contributed by atoms with Crippen LogP contribution in [0.4, 0.5) is 5.69 Å². The van der Waals surface area contributed by atoms with Crippen molar-refractivity contribution >= 4 is 17.4 Å². The van der Waals surface area contributed by atoms with Crippen molar-refractivity contribution in [1.82, 2.24) is 9.97 Å². The fourth-order valence-corrected chi connectivity index (χ4v) is 3.15. The molecular weight excluding hydrogens is 338 g/mol. The maximum absolute atomic E-state index is 12.6. The first-order valence-corrected chi connectivity index (χ1v) is 8.76. The molecule has 3 aromatic rings. The van der Waals surface area contributed by atoms with Crippen molar-refractivity contribution in [2.45, 2.75) is 26.2 Å². The van der Waals surface area contributed by atoms with E-state index in [2.05, 4.69) is 15.3 Å². The van der Waals surface area contributed by atoms with Gasteiger partial charge < -0.3 is 5.32 Å².